The lowest BCUT2D eigenvalue weighted by molar-refractivity contribution is 0.632. The van der Waals surface area contributed by atoms with Crippen LogP contribution in [0.5, 0.6) is 0 Å². The molecular weight excluding hydrogens is 472 g/mol. The molecule has 1 heteroatoms. The van der Waals surface area contributed by atoms with Gasteiger partial charge in [0.25, 0.3) is 0 Å². The van der Waals surface area contributed by atoms with E-state index in [2.05, 4.69) is 123 Å². The van der Waals surface area contributed by atoms with E-state index in [-0.39, 0.29) is 0 Å². The van der Waals surface area contributed by atoms with E-state index in [9.17, 15) is 0 Å². The molecule has 1 aromatic heterocycles. The van der Waals surface area contributed by atoms with Gasteiger partial charge >= 0.3 is 0 Å². The van der Waals surface area contributed by atoms with Crippen molar-refractivity contribution in [2.75, 3.05) is 0 Å². The maximum atomic E-state index is 6.46. The lowest BCUT2D eigenvalue weighted by atomic mass is 9.85. The second kappa shape index (κ2) is 8.31. The third kappa shape index (κ3) is 3.40. The molecule has 39 heavy (non-hydrogen) atoms. The van der Waals surface area contributed by atoms with Gasteiger partial charge < -0.3 is 4.42 Å². The van der Waals surface area contributed by atoms with Gasteiger partial charge in [0.2, 0.25) is 0 Å². The molecular formula is C38H26O. The Morgan fingerprint density at radius 2 is 1.03 bits per heavy atom. The molecule has 8 rings (SSSR count). The highest BCUT2D eigenvalue weighted by atomic mass is 16.3. The van der Waals surface area contributed by atoms with Crippen LogP contribution in [0, 0.1) is 13.8 Å². The summed E-state index contributed by atoms with van der Waals surface area (Å²) in [4.78, 5) is 0. The zero-order valence-electron chi connectivity index (χ0n) is 22.0. The first-order valence-corrected chi connectivity index (χ1v) is 13.5. The number of fused-ring (bicyclic) bond motifs is 1. The van der Waals surface area contributed by atoms with E-state index < -0.39 is 0 Å². The molecule has 0 fully saturated rings. The van der Waals surface area contributed by atoms with Crippen molar-refractivity contribution in [3.63, 3.8) is 0 Å². The van der Waals surface area contributed by atoms with E-state index in [0.717, 1.165) is 22.3 Å². The minimum Gasteiger partial charge on any atom is -0.456 e. The summed E-state index contributed by atoms with van der Waals surface area (Å²) < 4.78 is 6.46. The van der Waals surface area contributed by atoms with E-state index >= 15 is 0 Å². The smallest absolute Gasteiger partial charge is 0.136 e. The molecule has 0 aliphatic carbocycles. The molecule has 8 aromatic rings. The Bertz CT molecular complexity index is 2130. The maximum absolute atomic E-state index is 6.46. The molecule has 0 N–H and O–H groups in total. The third-order valence-corrected chi connectivity index (χ3v) is 8.20. The van der Waals surface area contributed by atoms with Crippen LogP contribution in [0.25, 0.3) is 76.9 Å². The minimum absolute atomic E-state index is 0.904. The van der Waals surface area contributed by atoms with Crippen LogP contribution in [-0.4, -0.2) is 0 Å². The summed E-state index contributed by atoms with van der Waals surface area (Å²) in [6.07, 6.45) is 0. The summed E-state index contributed by atoms with van der Waals surface area (Å²) in [5.41, 5.74) is 9.54. The summed E-state index contributed by atoms with van der Waals surface area (Å²) in [6.45, 7) is 4.28. The predicted molar refractivity (Wildman–Crippen MR) is 166 cm³/mol. The fourth-order valence-corrected chi connectivity index (χ4v) is 6.17. The van der Waals surface area contributed by atoms with E-state index in [4.69, 9.17) is 4.42 Å². The Morgan fingerprint density at radius 3 is 1.74 bits per heavy atom. The van der Waals surface area contributed by atoms with E-state index in [0.29, 0.717) is 0 Å². The third-order valence-electron chi connectivity index (χ3n) is 8.20. The number of para-hydroxylation sites is 1. The zero-order valence-corrected chi connectivity index (χ0v) is 22.0. The molecule has 184 valence electrons. The molecule has 0 unspecified atom stereocenters. The van der Waals surface area contributed by atoms with Crippen molar-refractivity contribution in [3.8, 4) is 33.6 Å². The van der Waals surface area contributed by atoms with Gasteiger partial charge in [0.1, 0.15) is 11.3 Å². The average molecular weight is 499 g/mol. The lowest BCUT2D eigenvalue weighted by Gasteiger charge is -2.19. The number of rotatable bonds is 3. The molecule has 0 amide bonds. The number of hydrogen-bond acceptors (Lipinski definition) is 1. The van der Waals surface area contributed by atoms with Crippen molar-refractivity contribution in [1.82, 2.24) is 0 Å². The Kier molecular flexibility index (Phi) is 4.72. The average Bonchev–Trinajstić information content (AvgIpc) is 3.41. The summed E-state index contributed by atoms with van der Waals surface area (Å²) in [7, 11) is 0. The molecule has 0 aliphatic heterocycles. The van der Waals surface area contributed by atoms with Crippen LogP contribution in [0.3, 0.4) is 0 Å². The van der Waals surface area contributed by atoms with Crippen molar-refractivity contribution in [3.05, 3.63) is 132 Å². The van der Waals surface area contributed by atoms with E-state index in [1.54, 1.807) is 0 Å². The number of benzene rings is 7. The molecule has 7 aromatic carbocycles. The minimum atomic E-state index is 0.904. The predicted octanol–water partition coefficient (Wildman–Crippen LogP) is 10.9. The van der Waals surface area contributed by atoms with Crippen LogP contribution >= 0.6 is 0 Å². The van der Waals surface area contributed by atoms with Gasteiger partial charge in [-0.2, -0.15) is 0 Å². The highest BCUT2D eigenvalue weighted by molar-refractivity contribution is 6.29. The van der Waals surface area contributed by atoms with Gasteiger partial charge in [0.15, 0.2) is 0 Å². The Morgan fingerprint density at radius 1 is 0.436 bits per heavy atom. The number of hydrogen-bond donors (Lipinski definition) is 0. The second-order valence-electron chi connectivity index (χ2n) is 10.7. The van der Waals surface area contributed by atoms with Crippen LogP contribution in [-0.2, 0) is 0 Å². The zero-order chi connectivity index (χ0) is 26.1. The van der Waals surface area contributed by atoms with Gasteiger partial charge in [-0.05, 0) is 86.6 Å². The quantitative estimate of drug-likeness (QED) is 0.221. The highest BCUT2D eigenvalue weighted by Gasteiger charge is 2.20. The first-order valence-electron chi connectivity index (χ1n) is 13.5. The maximum Gasteiger partial charge on any atom is 0.136 e. The van der Waals surface area contributed by atoms with Crippen LogP contribution < -0.4 is 0 Å². The van der Waals surface area contributed by atoms with Gasteiger partial charge in [-0.15, -0.1) is 0 Å². The van der Waals surface area contributed by atoms with Crippen molar-refractivity contribution >= 4 is 43.3 Å². The number of aryl methyl sites for hydroxylation is 2. The van der Waals surface area contributed by atoms with Gasteiger partial charge in [-0.25, -0.2) is 0 Å². The van der Waals surface area contributed by atoms with Crippen LogP contribution in [0.15, 0.2) is 126 Å². The standard InChI is InChI=1S/C38H26O/c1-23-7-11-25(12-8-23)29-17-15-27-16-18-31-33(26-13-9-24(2)10-14-26)22-34(32-20-19-30(29)37(27)38(31)32)36-21-28-5-3-4-6-35(28)39-36/h3-22H,1-2H3. The normalized spacial score (nSPS) is 11.8. The van der Waals surface area contributed by atoms with Gasteiger partial charge in [-0.3, -0.25) is 0 Å². The topological polar surface area (TPSA) is 13.1 Å². The molecule has 0 bridgehead atoms. The van der Waals surface area contributed by atoms with Crippen molar-refractivity contribution in [2.24, 2.45) is 0 Å². The largest absolute Gasteiger partial charge is 0.456 e. The molecule has 0 radical (unpaired) electrons. The second-order valence-corrected chi connectivity index (χ2v) is 10.7. The van der Waals surface area contributed by atoms with Gasteiger partial charge in [0, 0.05) is 10.9 Å². The Labute approximate surface area is 227 Å². The molecule has 0 saturated carbocycles. The summed E-state index contributed by atoms with van der Waals surface area (Å²) >= 11 is 0. The highest BCUT2D eigenvalue weighted by Crippen LogP contribution is 2.46. The van der Waals surface area contributed by atoms with Crippen molar-refractivity contribution in [1.29, 1.82) is 0 Å². The lowest BCUT2D eigenvalue weighted by Crippen LogP contribution is -1.92. The molecule has 0 saturated heterocycles. The summed E-state index contributed by atoms with van der Waals surface area (Å²) in [5, 5.41) is 8.77. The molecule has 0 aliphatic rings. The molecule has 0 spiro atoms. The van der Waals surface area contributed by atoms with Crippen LogP contribution in [0.2, 0.25) is 0 Å². The van der Waals surface area contributed by atoms with Crippen molar-refractivity contribution < 1.29 is 4.42 Å². The number of furan rings is 1. The fraction of sp³-hybridized carbons (Fsp3) is 0.0526. The van der Waals surface area contributed by atoms with Crippen LogP contribution in [0.4, 0.5) is 0 Å². The van der Waals surface area contributed by atoms with Gasteiger partial charge in [-0.1, -0.05) is 114 Å². The SMILES string of the molecule is Cc1ccc(-c2ccc3ccc4c(-c5ccc(C)cc5)cc(-c5cc6ccccc6o5)c5ccc2c3c45)cc1. The Hall–Kier alpha value is -4.88. The van der Waals surface area contributed by atoms with E-state index in [1.165, 1.54) is 65.7 Å². The molecule has 1 heterocycles. The van der Waals surface area contributed by atoms with Gasteiger partial charge in [0.05, 0.1) is 0 Å². The fourth-order valence-electron chi connectivity index (χ4n) is 6.17. The first-order chi connectivity index (χ1) is 19.1. The monoisotopic (exact) mass is 498 g/mol. The summed E-state index contributed by atoms with van der Waals surface area (Å²) in [6, 6.07) is 44.2. The summed E-state index contributed by atoms with van der Waals surface area (Å²) in [5.74, 6) is 0.904. The van der Waals surface area contributed by atoms with Crippen LogP contribution in [0.1, 0.15) is 11.1 Å². The molecule has 1 nitrogen and oxygen atoms in total. The molecule has 0 atom stereocenters. The Balaban J connectivity index is 1.52. The van der Waals surface area contributed by atoms with Crippen molar-refractivity contribution in [2.45, 2.75) is 13.8 Å². The van der Waals surface area contributed by atoms with E-state index in [1.807, 2.05) is 12.1 Å². The first kappa shape index (κ1) is 22.1.